The van der Waals surface area contributed by atoms with Crippen LogP contribution in [0.1, 0.15) is 25.5 Å². The molecule has 1 aliphatic heterocycles. The minimum atomic E-state index is 0.408. The highest BCUT2D eigenvalue weighted by Gasteiger charge is 2.11. The molecule has 0 aromatic carbocycles. The highest BCUT2D eigenvalue weighted by molar-refractivity contribution is 6.01. The zero-order chi connectivity index (χ0) is 10.8. The van der Waals surface area contributed by atoms with Crippen molar-refractivity contribution >= 4 is 18.1 Å². The van der Waals surface area contributed by atoms with E-state index in [4.69, 9.17) is 0 Å². The van der Waals surface area contributed by atoms with Crippen molar-refractivity contribution < 1.29 is 0 Å². The predicted molar refractivity (Wildman–Crippen MR) is 59.0 cm³/mol. The van der Waals surface area contributed by atoms with Crippen LogP contribution in [0.3, 0.4) is 0 Å². The fourth-order valence-electron chi connectivity index (χ4n) is 1.25. The van der Waals surface area contributed by atoms with E-state index in [0.29, 0.717) is 11.9 Å². The van der Waals surface area contributed by atoms with Crippen LogP contribution in [0.25, 0.3) is 0 Å². The van der Waals surface area contributed by atoms with Gasteiger partial charge in [0.2, 0.25) is 5.96 Å². The summed E-state index contributed by atoms with van der Waals surface area (Å²) >= 11 is 0. The lowest BCUT2D eigenvalue weighted by molar-refractivity contribution is 0.718. The first-order valence-corrected chi connectivity index (χ1v) is 4.78. The van der Waals surface area contributed by atoms with Gasteiger partial charge in [-0.15, -0.1) is 10.2 Å². The maximum atomic E-state index is 4.37. The Morgan fingerprint density at radius 2 is 2.20 bits per heavy atom. The highest BCUT2D eigenvalue weighted by atomic mass is 15.4. The summed E-state index contributed by atoms with van der Waals surface area (Å²) < 4.78 is 1.77. The van der Waals surface area contributed by atoms with E-state index < -0.39 is 0 Å². The summed E-state index contributed by atoms with van der Waals surface area (Å²) in [4.78, 5) is 0. The summed E-state index contributed by atoms with van der Waals surface area (Å²) in [5.74, 6) is 1.77. The maximum Gasteiger partial charge on any atom is 0.249 e. The molecule has 0 aliphatic carbocycles. The summed E-state index contributed by atoms with van der Waals surface area (Å²) in [6, 6.07) is 1.99. The molecule has 0 fully saturated rings. The van der Waals surface area contributed by atoms with Crippen molar-refractivity contribution in [3.05, 3.63) is 11.8 Å². The minimum Gasteiger partial charge on any atom is -0.308 e. The third-order valence-electron chi connectivity index (χ3n) is 2.11. The van der Waals surface area contributed by atoms with Gasteiger partial charge < -0.3 is 5.32 Å². The summed E-state index contributed by atoms with van der Waals surface area (Å²) in [5, 5.41) is 18.8. The molecule has 1 aliphatic rings. The van der Waals surface area contributed by atoms with Gasteiger partial charge >= 0.3 is 0 Å². The standard InChI is InChI=1S/C9H13N6/c1-6(2)7-4-8(15(3)14-7)12-9-10-5-11-13-9/h4-6H,1-3H3,(H,12,13). The molecule has 0 bridgehead atoms. The monoisotopic (exact) mass is 205 g/mol. The predicted octanol–water partition coefficient (Wildman–Crippen LogP) is 0.873. The van der Waals surface area contributed by atoms with Crippen molar-refractivity contribution in [3.63, 3.8) is 0 Å². The molecule has 79 valence electrons. The average Bonchev–Trinajstić information content (AvgIpc) is 2.77. The number of nitrogens with zero attached hydrogens (tertiary/aromatic N) is 5. The molecule has 0 atom stereocenters. The van der Waals surface area contributed by atoms with Gasteiger partial charge in [-0.1, -0.05) is 13.8 Å². The molecule has 1 radical (unpaired) electrons. The molecule has 6 nitrogen and oxygen atoms in total. The third-order valence-corrected chi connectivity index (χ3v) is 2.11. The lowest BCUT2D eigenvalue weighted by Crippen LogP contribution is -2.21. The van der Waals surface area contributed by atoms with Crippen molar-refractivity contribution in [2.24, 2.45) is 17.3 Å². The second-order valence-electron chi connectivity index (χ2n) is 3.64. The number of hydrogen-bond acceptors (Lipinski definition) is 4. The Bertz CT molecular complexity index is 414. The Morgan fingerprint density at radius 3 is 2.73 bits per heavy atom. The lowest BCUT2D eigenvalue weighted by Gasteiger charge is -2.02. The Hall–Kier alpha value is -1.85. The van der Waals surface area contributed by atoms with E-state index in [1.165, 1.54) is 6.34 Å². The summed E-state index contributed by atoms with van der Waals surface area (Å²) in [6.07, 6.45) is 1.40. The van der Waals surface area contributed by atoms with Gasteiger partial charge in [-0.3, -0.25) is 4.68 Å². The van der Waals surface area contributed by atoms with Crippen molar-refractivity contribution in [2.45, 2.75) is 19.8 Å². The van der Waals surface area contributed by atoms with E-state index >= 15 is 0 Å². The molecular formula is C9H13N6. The molecule has 1 N–H and O–H groups in total. The van der Waals surface area contributed by atoms with E-state index in [0.717, 1.165) is 11.5 Å². The second-order valence-corrected chi connectivity index (χ2v) is 3.64. The number of guanidine groups is 1. The SMILES string of the molecule is CC(C)c1cc(NC2=NN=C[N]2)n(C)n1. The third kappa shape index (κ3) is 1.98. The number of hydrogen-bond donors (Lipinski definition) is 1. The van der Waals surface area contributed by atoms with E-state index in [1.54, 1.807) is 4.68 Å². The van der Waals surface area contributed by atoms with Crippen LogP contribution in [-0.2, 0) is 7.05 Å². The molecule has 0 saturated carbocycles. The van der Waals surface area contributed by atoms with Crippen LogP contribution in [0.2, 0.25) is 0 Å². The molecule has 2 rings (SSSR count). The molecule has 0 unspecified atom stereocenters. The Kier molecular flexibility index (Phi) is 2.40. The van der Waals surface area contributed by atoms with Gasteiger partial charge in [0.15, 0.2) is 0 Å². The Labute approximate surface area is 88.1 Å². The molecule has 2 heterocycles. The smallest absolute Gasteiger partial charge is 0.249 e. The fraction of sp³-hybridized carbons (Fsp3) is 0.444. The second kappa shape index (κ2) is 3.72. The van der Waals surface area contributed by atoms with Gasteiger partial charge in [0.25, 0.3) is 0 Å². The zero-order valence-electron chi connectivity index (χ0n) is 8.97. The topological polar surface area (TPSA) is 68.7 Å². The van der Waals surface area contributed by atoms with Gasteiger partial charge in [-0.2, -0.15) is 10.4 Å². The molecule has 6 heteroatoms. The first-order valence-electron chi connectivity index (χ1n) is 4.78. The Morgan fingerprint density at radius 1 is 1.40 bits per heavy atom. The van der Waals surface area contributed by atoms with Crippen LogP contribution in [0, 0.1) is 0 Å². The van der Waals surface area contributed by atoms with Crippen LogP contribution in [0.15, 0.2) is 16.3 Å². The van der Waals surface area contributed by atoms with Crippen molar-refractivity contribution in [3.8, 4) is 0 Å². The number of aryl methyl sites for hydroxylation is 1. The normalized spacial score (nSPS) is 14.3. The van der Waals surface area contributed by atoms with E-state index in [9.17, 15) is 0 Å². The summed E-state index contributed by atoms with van der Waals surface area (Å²) in [6.45, 7) is 4.21. The van der Waals surface area contributed by atoms with Crippen molar-refractivity contribution in [1.29, 1.82) is 0 Å². The molecule has 0 saturated heterocycles. The van der Waals surface area contributed by atoms with Gasteiger partial charge in [0.05, 0.1) is 5.69 Å². The van der Waals surface area contributed by atoms with Gasteiger partial charge in [0.1, 0.15) is 12.2 Å². The first-order chi connectivity index (χ1) is 7.16. The van der Waals surface area contributed by atoms with Crippen LogP contribution in [0.4, 0.5) is 5.82 Å². The summed E-state index contributed by atoms with van der Waals surface area (Å²) in [5.41, 5.74) is 1.04. The van der Waals surface area contributed by atoms with Crippen molar-refractivity contribution in [1.82, 2.24) is 15.1 Å². The maximum absolute atomic E-state index is 4.37. The molecule has 0 spiro atoms. The number of rotatable bonds is 2. The zero-order valence-corrected chi connectivity index (χ0v) is 8.97. The molecular weight excluding hydrogens is 192 g/mol. The van der Waals surface area contributed by atoms with Crippen LogP contribution in [0.5, 0.6) is 0 Å². The van der Waals surface area contributed by atoms with Crippen LogP contribution in [-0.4, -0.2) is 22.1 Å². The largest absolute Gasteiger partial charge is 0.308 e. The van der Waals surface area contributed by atoms with Crippen molar-refractivity contribution in [2.75, 3.05) is 5.32 Å². The quantitative estimate of drug-likeness (QED) is 0.778. The summed E-state index contributed by atoms with van der Waals surface area (Å²) in [7, 11) is 1.88. The van der Waals surface area contributed by atoms with E-state index in [2.05, 4.69) is 39.8 Å². The number of nitrogens with one attached hydrogen (secondary N) is 1. The van der Waals surface area contributed by atoms with E-state index in [1.807, 2.05) is 13.1 Å². The fourth-order valence-corrected chi connectivity index (χ4v) is 1.25. The molecule has 1 aromatic heterocycles. The van der Waals surface area contributed by atoms with Gasteiger partial charge in [-0.05, 0) is 5.92 Å². The van der Waals surface area contributed by atoms with Gasteiger partial charge in [-0.25, -0.2) is 0 Å². The highest BCUT2D eigenvalue weighted by Crippen LogP contribution is 2.17. The molecule has 15 heavy (non-hydrogen) atoms. The van der Waals surface area contributed by atoms with Gasteiger partial charge in [0, 0.05) is 13.1 Å². The molecule has 0 amide bonds. The lowest BCUT2D eigenvalue weighted by atomic mass is 10.1. The van der Waals surface area contributed by atoms with Crippen LogP contribution >= 0.6 is 0 Å². The average molecular weight is 205 g/mol. The number of aromatic nitrogens is 2. The Balaban J connectivity index is 2.14. The van der Waals surface area contributed by atoms with Crippen LogP contribution < -0.4 is 10.6 Å². The number of anilines is 1. The molecule has 1 aromatic rings. The first kappa shape index (κ1) is 9.70. The van der Waals surface area contributed by atoms with E-state index in [-0.39, 0.29) is 0 Å². The minimum absolute atomic E-state index is 0.408.